The third kappa shape index (κ3) is 3.74. The first-order valence-corrected chi connectivity index (χ1v) is 10.6. The summed E-state index contributed by atoms with van der Waals surface area (Å²) in [6, 6.07) is 14.7. The number of nitrogens with zero attached hydrogens (tertiary/aromatic N) is 3. The van der Waals surface area contributed by atoms with E-state index in [9.17, 15) is 4.79 Å². The fraction of sp³-hybridized carbons (Fsp3) is 0.130. The highest BCUT2D eigenvalue weighted by atomic mass is 32.1. The Balaban J connectivity index is 1.37. The number of pyridine rings is 1. The molecule has 1 aromatic carbocycles. The Morgan fingerprint density at radius 2 is 1.91 bits per heavy atom. The number of carbonyl (C=O) groups is 1. The summed E-state index contributed by atoms with van der Waals surface area (Å²) in [7, 11) is 1.61. The van der Waals surface area contributed by atoms with Crippen molar-refractivity contribution in [3.05, 3.63) is 70.9 Å². The van der Waals surface area contributed by atoms with Crippen LogP contribution < -0.4 is 4.74 Å². The molecule has 0 fully saturated rings. The molecular formula is C23H17N3O5S. The Hall–Kier alpha value is -3.98. The van der Waals surface area contributed by atoms with Crippen LogP contribution in [0.2, 0.25) is 0 Å². The van der Waals surface area contributed by atoms with Gasteiger partial charge in [-0.25, -0.2) is 9.78 Å². The maximum absolute atomic E-state index is 13.0. The standard InChI is InChI=1S/C23H17N3O5S/c1-13-21-17(11-19(20-4-3-9-32-20)24-22(21)31-25-13)23(27)29-12-16-10-18(26-30-16)14-5-7-15(28-2)8-6-14/h3-11H,12H2,1-2H3. The second-order valence-electron chi connectivity index (χ2n) is 6.96. The molecule has 32 heavy (non-hydrogen) atoms. The zero-order valence-electron chi connectivity index (χ0n) is 17.2. The quantitative estimate of drug-likeness (QED) is 0.324. The Morgan fingerprint density at radius 1 is 1.06 bits per heavy atom. The summed E-state index contributed by atoms with van der Waals surface area (Å²) < 4.78 is 21.3. The molecule has 4 aromatic heterocycles. The first kappa shape index (κ1) is 20.0. The molecule has 4 heterocycles. The summed E-state index contributed by atoms with van der Waals surface area (Å²) >= 11 is 1.52. The zero-order valence-corrected chi connectivity index (χ0v) is 18.0. The monoisotopic (exact) mass is 447 g/mol. The lowest BCUT2D eigenvalue weighted by Gasteiger charge is -2.05. The molecule has 5 aromatic rings. The molecule has 5 rings (SSSR count). The number of hydrogen-bond donors (Lipinski definition) is 0. The Kier molecular flexibility index (Phi) is 5.16. The predicted octanol–water partition coefficient (Wildman–Crippen LogP) is 5.28. The molecule has 0 aliphatic carbocycles. The van der Waals surface area contributed by atoms with Crippen LogP contribution in [0.5, 0.6) is 5.75 Å². The number of hydrogen-bond acceptors (Lipinski definition) is 9. The van der Waals surface area contributed by atoms with Crippen LogP contribution in [0.4, 0.5) is 0 Å². The van der Waals surface area contributed by atoms with Gasteiger partial charge < -0.3 is 18.5 Å². The van der Waals surface area contributed by atoms with Crippen LogP contribution in [-0.4, -0.2) is 28.4 Å². The highest BCUT2D eigenvalue weighted by molar-refractivity contribution is 7.13. The van der Waals surface area contributed by atoms with E-state index < -0.39 is 5.97 Å². The maximum atomic E-state index is 13.0. The highest BCUT2D eigenvalue weighted by Gasteiger charge is 2.21. The first-order chi connectivity index (χ1) is 15.6. The molecule has 0 saturated carbocycles. The average molecular weight is 447 g/mol. The largest absolute Gasteiger partial charge is 0.497 e. The number of methoxy groups -OCH3 is 1. The number of thiophene rings is 1. The summed E-state index contributed by atoms with van der Waals surface area (Å²) in [5.74, 6) is 0.653. The number of carbonyl (C=O) groups excluding carboxylic acids is 1. The van der Waals surface area contributed by atoms with E-state index in [1.807, 2.05) is 41.8 Å². The Labute approximate surface area is 186 Å². The average Bonchev–Trinajstić information content (AvgIpc) is 3.59. The number of aryl methyl sites for hydroxylation is 1. The lowest BCUT2D eigenvalue weighted by atomic mass is 10.1. The van der Waals surface area contributed by atoms with E-state index >= 15 is 0 Å². The molecule has 0 aliphatic heterocycles. The molecule has 0 radical (unpaired) electrons. The van der Waals surface area contributed by atoms with Gasteiger partial charge in [0.25, 0.3) is 5.71 Å². The van der Waals surface area contributed by atoms with Gasteiger partial charge in [0, 0.05) is 11.6 Å². The van der Waals surface area contributed by atoms with Gasteiger partial charge in [-0.1, -0.05) is 16.4 Å². The van der Waals surface area contributed by atoms with Gasteiger partial charge in [0.1, 0.15) is 11.4 Å². The lowest BCUT2D eigenvalue weighted by molar-refractivity contribution is 0.0439. The third-order valence-corrected chi connectivity index (χ3v) is 5.79. The number of ether oxygens (including phenoxy) is 2. The predicted molar refractivity (Wildman–Crippen MR) is 117 cm³/mol. The van der Waals surface area contributed by atoms with Crippen LogP contribution in [0.15, 0.2) is 63.0 Å². The molecule has 0 spiro atoms. The van der Waals surface area contributed by atoms with Crippen LogP contribution in [0.25, 0.3) is 32.9 Å². The van der Waals surface area contributed by atoms with Crippen molar-refractivity contribution in [1.82, 2.24) is 15.3 Å². The normalized spacial score (nSPS) is 11.1. The Morgan fingerprint density at radius 3 is 2.66 bits per heavy atom. The van der Waals surface area contributed by atoms with Gasteiger partial charge in [0.15, 0.2) is 12.4 Å². The van der Waals surface area contributed by atoms with Gasteiger partial charge in [0.05, 0.1) is 34.3 Å². The number of esters is 1. The minimum absolute atomic E-state index is 0.0650. The highest BCUT2D eigenvalue weighted by Crippen LogP contribution is 2.30. The van der Waals surface area contributed by atoms with Crippen molar-refractivity contribution in [2.75, 3.05) is 7.11 Å². The van der Waals surface area contributed by atoms with Crippen molar-refractivity contribution in [1.29, 1.82) is 0 Å². The van der Waals surface area contributed by atoms with Gasteiger partial charge in [-0.2, -0.15) is 0 Å². The van der Waals surface area contributed by atoms with Crippen LogP contribution in [0.3, 0.4) is 0 Å². The molecule has 0 amide bonds. The van der Waals surface area contributed by atoms with E-state index in [1.165, 1.54) is 11.3 Å². The molecular weight excluding hydrogens is 430 g/mol. The molecule has 0 saturated heterocycles. The molecule has 0 aliphatic rings. The minimum Gasteiger partial charge on any atom is -0.497 e. The van der Waals surface area contributed by atoms with E-state index in [-0.39, 0.29) is 6.61 Å². The molecule has 8 nitrogen and oxygen atoms in total. The summed E-state index contributed by atoms with van der Waals surface area (Å²) in [6.07, 6.45) is 0. The van der Waals surface area contributed by atoms with Crippen LogP contribution in [-0.2, 0) is 11.3 Å². The summed E-state index contributed by atoms with van der Waals surface area (Å²) in [4.78, 5) is 18.4. The molecule has 0 atom stereocenters. The first-order valence-electron chi connectivity index (χ1n) is 9.70. The fourth-order valence-electron chi connectivity index (χ4n) is 3.30. The second kappa shape index (κ2) is 8.27. The fourth-order valence-corrected chi connectivity index (χ4v) is 3.99. The smallest absolute Gasteiger partial charge is 0.339 e. The van der Waals surface area contributed by atoms with Crippen molar-refractivity contribution in [2.45, 2.75) is 13.5 Å². The van der Waals surface area contributed by atoms with Crippen molar-refractivity contribution >= 4 is 28.4 Å². The van der Waals surface area contributed by atoms with Crippen molar-refractivity contribution < 1.29 is 23.3 Å². The van der Waals surface area contributed by atoms with Crippen molar-refractivity contribution in [2.24, 2.45) is 0 Å². The molecule has 0 bridgehead atoms. The summed E-state index contributed by atoms with van der Waals surface area (Å²) in [5, 5.41) is 10.5. The van der Waals surface area contributed by atoms with E-state index in [0.717, 1.165) is 16.2 Å². The Bertz CT molecular complexity index is 1390. The number of benzene rings is 1. The summed E-state index contributed by atoms with van der Waals surface area (Å²) in [5.41, 5.74) is 3.33. The van der Waals surface area contributed by atoms with E-state index in [1.54, 1.807) is 26.2 Å². The maximum Gasteiger partial charge on any atom is 0.339 e. The van der Waals surface area contributed by atoms with Gasteiger partial charge in [-0.15, -0.1) is 11.3 Å². The number of fused-ring (bicyclic) bond motifs is 1. The van der Waals surface area contributed by atoms with Gasteiger partial charge in [0.2, 0.25) is 0 Å². The SMILES string of the molecule is COc1ccc(-c2cc(COC(=O)c3cc(-c4cccs4)nc4onc(C)c34)on2)cc1. The third-order valence-electron chi connectivity index (χ3n) is 4.90. The van der Waals surface area contributed by atoms with E-state index in [4.69, 9.17) is 18.5 Å². The van der Waals surface area contributed by atoms with Crippen LogP contribution in [0, 0.1) is 6.92 Å². The van der Waals surface area contributed by atoms with Gasteiger partial charge in [-0.05, 0) is 48.7 Å². The number of rotatable bonds is 6. The van der Waals surface area contributed by atoms with Crippen LogP contribution in [0.1, 0.15) is 21.8 Å². The lowest BCUT2D eigenvalue weighted by Crippen LogP contribution is -2.06. The van der Waals surface area contributed by atoms with E-state index in [0.29, 0.717) is 39.5 Å². The van der Waals surface area contributed by atoms with Crippen LogP contribution >= 0.6 is 11.3 Å². The molecule has 9 heteroatoms. The second-order valence-corrected chi connectivity index (χ2v) is 7.91. The molecule has 0 N–H and O–H groups in total. The van der Waals surface area contributed by atoms with Gasteiger partial charge >= 0.3 is 5.97 Å². The van der Waals surface area contributed by atoms with E-state index in [2.05, 4.69) is 15.3 Å². The number of aromatic nitrogens is 3. The zero-order chi connectivity index (χ0) is 22.1. The minimum atomic E-state index is -0.524. The van der Waals surface area contributed by atoms with Crippen molar-refractivity contribution in [3.63, 3.8) is 0 Å². The van der Waals surface area contributed by atoms with Gasteiger partial charge in [-0.3, -0.25) is 0 Å². The van der Waals surface area contributed by atoms with Crippen molar-refractivity contribution in [3.8, 4) is 27.6 Å². The topological polar surface area (TPSA) is 100 Å². The molecule has 160 valence electrons. The molecule has 0 unspecified atom stereocenters. The summed E-state index contributed by atoms with van der Waals surface area (Å²) in [6.45, 7) is 1.69.